The molecule has 2 aromatic carbocycles. The van der Waals surface area contributed by atoms with Gasteiger partial charge >= 0.3 is 0 Å². The molecule has 3 rings (SSSR count). The number of morpholine rings is 1. The molecule has 1 aliphatic heterocycles. The Morgan fingerprint density at radius 1 is 1.07 bits per heavy atom. The molecule has 1 amide bonds. The lowest BCUT2D eigenvalue weighted by atomic mass is 10.1. The number of carbonyl (C=O) groups is 2. The van der Waals surface area contributed by atoms with Gasteiger partial charge in [-0.2, -0.15) is 0 Å². The quantitative estimate of drug-likeness (QED) is 0.545. The van der Waals surface area contributed by atoms with Crippen molar-refractivity contribution in [2.75, 3.05) is 40.0 Å². The summed E-state index contributed by atoms with van der Waals surface area (Å²) < 4.78 is 15.9. The first-order valence-corrected chi connectivity index (χ1v) is 9.10. The SMILES string of the molecule is COc1cccc(/C=C/C(=O)c2ccc(OCC(=O)N3CCOCC3)cc2)c1. The minimum atomic E-state index is -0.112. The zero-order valence-electron chi connectivity index (χ0n) is 15.8. The first-order valence-electron chi connectivity index (χ1n) is 9.10. The van der Waals surface area contributed by atoms with E-state index in [9.17, 15) is 9.59 Å². The molecule has 28 heavy (non-hydrogen) atoms. The average Bonchev–Trinajstić information content (AvgIpc) is 2.77. The molecule has 1 fully saturated rings. The Balaban J connectivity index is 1.53. The van der Waals surface area contributed by atoms with Gasteiger partial charge < -0.3 is 19.1 Å². The smallest absolute Gasteiger partial charge is 0.260 e. The maximum Gasteiger partial charge on any atom is 0.260 e. The summed E-state index contributed by atoms with van der Waals surface area (Å²) in [6, 6.07) is 14.2. The van der Waals surface area contributed by atoms with Gasteiger partial charge in [0, 0.05) is 18.7 Å². The van der Waals surface area contributed by atoms with Gasteiger partial charge in [-0.25, -0.2) is 0 Å². The predicted octanol–water partition coefficient (Wildman–Crippen LogP) is 2.83. The molecular weight excluding hydrogens is 358 g/mol. The summed E-state index contributed by atoms with van der Waals surface area (Å²) in [5.41, 5.74) is 1.43. The van der Waals surface area contributed by atoms with E-state index in [2.05, 4.69) is 0 Å². The molecule has 1 saturated heterocycles. The Kier molecular flexibility index (Phi) is 6.81. The fourth-order valence-electron chi connectivity index (χ4n) is 2.78. The molecule has 1 aliphatic rings. The van der Waals surface area contributed by atoms with Gasteiger partial charge in [0.05, 0.1) is 20.3 Å². The molecule has 1 heterocycles. The number of hydrogen-bond donors (Lipinski definition) is 0. The molecule has 0 aliphatic carbocycles. The highest BCUT2D eigenvalue weighted by Crippen LogP contribution is 2.16. The van der Waals surface area contributed by atoms with Crippen LogP contribution in [-0.4, -0.2) is 56.6 Å². The van der Waals surface area contributed by atoms with E-state index in [1.807, 2.05) is 24.3 Å². The highest BCUT2D eigenvalue weighted by molar-refractivity contribution is 6.06. The van der Waals surface area contributed by atoms with Crippen molar-refractivity contribution in [2.45, 2.75) is 0 Å². The number of carbonyl (C=O) groups excluding carboxylic acids is 2. The van der Waals surface area contributed by atoms with Gasteiger partial charge in [0.25, 0.3) is 5.91 Å². The third-order valence-corrected chi connectivity index (χ3v) is 4.39. The van der Waals surface area contributed by atoms with Crippen LogP contribution in [0.4, 0.5) is 0 Å². The van der Waals surface area contributed by atoms with E-state index in [0.29, 0.717) is 37.6 Å². The van der Waals surface area contributed by atoms with E-state index in [1.54, 1.807) is 42.4 Å². The number of hydrogen-bond acceptors (Lipinski definition) is 5. The lowest BCUT2D eigenvalue weighted by Crippen LogP contribution is -2.42. The van der Waals surface area contributed by atoms with Crippen LogP contribution in [-0.2, 0) is 9.53 Å². The molecule has 0 atom stereocenters. The number of benzene rings is 2. The minimum Gasteiger partial charge on any atom is -0.497 e. The Labute approximate surface area is 164 Å². The maximum absolute atomic E-state index is 12.3. The second kappa shape index (κ2) is 9.71. The Morgan fingerprint density at radius 3 is 2.54 bits per heavy atom. The lowest BCUT2D eigenvalue weighted by Gasteiger charge is -2.26. The summed E-state index contributed by atoms with van der Waals surface area (Å²) in [4.78, 5) is 26.1. The number of ether oxygens (including phenoxy) is 3. The fraction of sp³-hybridized carbons (Fsp3) is 0.273. The van der Waals surface area contributed by atoms with E-state index in [0.717, 1.165) is 11.3 Å². The normalized spacial score (nSPS) is 14.1. The molecule has 0 unspecified atom stereocenters. The van der Waals surface area contributed by atoms with Crippen LogP contribution in [0.3, 0.4) is 0 Å². The van der Waals surface area contributed by atoms with Gasteiger partial charge in [0.2, 0.25) is 0 Å². The van der Waals surface area contributed by atoms with Crippen LogP contribution in [0.1, 0.15) is 15.9 Å². The standard InChI is InChI=1S/C22H23NO5/c1-26-20-4-2-3-17(15-20)5-10-21(24)18-6-8-19(9-7-18)28-16-22(25)23-11-13-27-14-12-23/h2-10,15H,11-14,16H2,1H3/b10-5+. The van der Waals surface area contributed by atoms with E-state index in [-0.39, 0.29) is 18.3 Å². The molecule has 0 bridgehead atoms. The number of methoxy groups -OCH3 is 1. The van der Waals surface area contributed by atoms with Crippen molar-refractivity contribution in [3.8, 4) is 11.5 Å². The summed E-state index contributed by atoms with van der Waals surface area (Å²) >= 11 is 0. The predicted molar refractivity (Wildman–Crippen MR) is 106 cm³/mol. The molecule has 2 aromatic rings. The molecule has 0 spiro atoms. The third-order valence-electron chi connectivity index (χ3n) is 4.39. The number of amides is 1. The van der Waals surface area contributed by atoms with Crippen LogP contribution in [0.2, 0.25) is 0 Å². The van der Waals surface area contributed by atoms with Crippen molar-refractivity contribution in [2.24, 2.45) is 0 Å². The van der Waals surface area contributed by atoms with Crippen molar-refractivity contribution in [3.63, 3.8) is 0 Å². The summed E-state index contributed by atoms with van der Waals surface area (Å²) in [6.45, 7) is 2.28. The van der Waals surface area contributed by atoms with Gasteiger partial charge in [-0.1, -0.05) is 18.2 Å². The Hall–Kier alpha value is -3.12. The van der Waals surface area contributed by atoms with Crippen molar-refractivity contribution >= 4 is 17.8 Å². The van der Waals surface area contributed by atoms with E-state index >= 15 is 0 Å². The van der Waals surface area contributed by atoms with Crippen molar-refractivity contribution in [3.05, 3.63) is 65.7 Å². The third kappa shape index (κ3) is 5.44. The molecular formula is C22H23NO5. The maximum atomic E-state index is 12.3. The van der Waals surface area contributed by atoms with Crippen molar-refractivity contribution < 1.29 is 23.8 Å². The monoisotopic (exact) mass is 381 g/mol. The van der Waals surface area contributed by atoms with Crippen molar-refractivity contribution in [1.29, 1.82) is 0 Å². The summed E-state index contributed by atoms with van der Waals surface area (Å²) in [7, 11) is 1.60. The minimum absolute atomic E-state index is 0.0248. The molecule has 0 N–H and O–H groups in total. The van der Waals surface area contributed by atoms with Gasteiger partial charge in [-0.05, 0) is 48.0 Å². The summed E-state index contributed by atoms with van der Waals surface area (Å²) in [6.07, 6.45) is 3.27. The summed E-state index contributed by atoms with van der Waals surface area (Å²) in [5, 5.41) is 0. The van der Waals surface area contributed by atoms with Gasteiger partial charge in [0.15, 0.2) is 12.4 Å². The van der Waals surface area contributed by atoms with Crippen LogP contribution in [0.25, 0.3) is 6.08 Å². The molecule has 0 saturated carbocycles. The summed E-state index contributed by atoms with van der Waals surface area (Å²) in [5.74, 6) is 1.11. The van der Waals surface area contributed by atoms with Crippen LogP contribution >= 0.6 is 0 Å². The average molecular weight is 381 g/mol. The van der Waals surface area contributed by atoms with Crippen molar-refractivity contribution in [1.82, 2.24) is 4.90 Å². The fourth-order valence-corrected chi connectivity index (χ4v) is 2.78. The topological polar surface area (TPSA) is 65.1 Å². The van der Waals surface area contributed by atoms with E-state index in [4.69, 9.17) is 14.2 Å². The van der Waals surface area contributed by atoms with Crippen LogP contribution in [0.5, 0.6) is 11.5 Å². The van der Waals surface area contributed by atoms with E-state index < -0.39 is 0 Å². The Bertz CT molecular complexity index is 838. The number of ketones is 1. The largest absolute Gasteiger partial charge is 0.497 e. The zero-order chi connectivity index (χ0) is 19.8. The molecule has 6 heteroatoms. The van der Waals surface area contributed by atoms with Gasteiger partial charge in [-0.3, -0.25) is 9.59 Å². The van der Waals surface area contributed by atoms with Gasteiger partial charge in [-0.15, -0.1) is 0 Å². The lowest BCUT2D eigenvalue weighted by molar-refractivity contribution is -0.137. The second-order valence-electron chi connectivity index (χ2n) is 6.28. The molecule has 6 nitrogen and oxygen atoms in total. The van der Waals surface area contributed by atoms with Crippen LogP contribution < -0.4 is 9.47 Å². The first kappa shape index (κ1) is 19.6. The van der Waals surface area contributed by atoms with Gasteiger partial charge in [0.1, 0.15) is 11.5 Å². The second-order valence-corrected chi connectivity index (χ2v) is 6.28. The number of rotatable bonds is 7. The highest BCUT2D eigenvalue weighted by Gasteiger charge is 2.17. The highest BCUT2D eigenvalue weighted by atomic mass is 16.5. The molecule has 146 valence electrons. The molecule has 0 aromatic heterocycles. The zero-order valence-corrected chi connectivity index (χ0v) is 15.8. The van der Waals surface area contributed by atoms with E-state index in [1.165, 1.54) is 6.08 Å². The van der Waals surface area contributed by atoms with Crippen LogP contribution in [0.15, 0.2) is 54.6 Å². The molecule has 0 radical (unpaired) electrons. The Morgan fingerprint density at radius 2 is 1.82 bits per heavy atom. The number of nitrogens with zero attached hydrogens (tertiary/aromatic N) is 1. The first-order chi connectivity index (χ1) is 13.7. The van der Waals surface area contributed by atoms with Crippen LogP contribution in [0, 0.1) is 0 Å². The number of allylic oxidation sites excluding steroid dienone is 1.